The van der Waals surface area contributed by atoms with Gasteiger partial charge in [0, 0.05) is 12.1 Å². The SMILES string of the molecule is CCNC(=O)c1cc(COc2cc(C)cc(C)c2)cs1. The summed E-state index contributed by atoms with van der Waals surface area (Å²) in [5.74, 6) is 0.850. The largest absolute Gasteiger partial charge is 0.489 e. The molecule has 4 heteroatoms. The Kier molecular flexibility index (Phi) is 4.79. The third-order valence-electron chi connectivity index (χ3n) is 2.82. The number of thiophene rings is 1. The molecule has 1 N–H and O–H groups in total. The Morgan fingerprint density at radius 2 is 1.90 bits per heavy atom. The molecule has 0 bridgehead atoms. The number of nitrogens with one attached hydrogen (secondary N) is 1. The highest BCUT2D eigenvalue weighted by atomic mass is 32.1. The van der Waals surface area contributed by atoms with Gasteiger partial charge in [-0.1, -0.05) is 6.07 Å². The lowest BCUT2D eigenvalue weighted by molar-refractivity contribution is 0.0960. The van der Waals surface area contributed by atoms with E-state index in [9.17, 15) is 4.79 Å². The summed E-state index contributed by atoms with van der Waals surface area (Å²) in [4.78, 5) is 12.4. The van der Waals surface area contributed by atoms with Crippen LogP contribution in [0.5, 0.6) is 5.75 Å². The van der Waals surface area contributed by atoms with E-state index >= 15 is 0 Å². The van der Waals surface area contributed by atoms with Gasteiger partial charge in [0.15, 0.2) is 0 Å². The Bertz CT molecular complexity index is 584. The molecular weight excluding hydrogens is 270 g/mol. The van der Waals surface area contributed by atoms with Gasteiger partial charge < -0.3 is 10.1 Å². The summed E-state index contributed by atoms with van der Waals surface area (Å²) in [7, 11) is 0. The van der Waals surface area contributed by atoms with Crippen LogP contribution in [0.25, 0.3) is 0 Å². The molecule has 1 aromatic heterocycles. The van der Waals surface area contributed by atoms with Crippen LogP contribution in [0.2, 0.25) is 0 Å². The molecule has 0 aliphatic rings. The Morgan fingerprint density at radius 1 is 1.20 bits per heavy atom. The third-order valence-corrected chi connectivity index (χ3v) is 3.79. The molecule has 1 amide bonds. The van der Waals surface area contributed by atoms with Crippen LogP contribution in [0.4, 0.5) is 0 Å². The van der Waals surface area contributed by atoms with Gasteiger partial charge in [0.25, 0.3) is 5.91 Å². The summed E-state index contributed by atoms with van der Waals surface area (Å²) in [6.07, 6.45) is 0. The first-order valence-corrected chi connectivity index (χ1v) is 7.53. The molecule has 0 saturated carbocycles. The molecule has 0 aliphatic heterocycles. The van der Waals surface area contributed by atoms with Crippen molar-refractivity contribution >= 4 is 17.2 Å². The number of hydrogen-bond acceptors (Lipinski definition) is 3. The Labute approximate surface area is 123 Å². The first kappa shape index (κ1) is 14.6. The van der Waals surface area contributed by atoms with Crippen LogP contribution in [-0.4, -0.2) is 12.5 Å². The van der Waals surface area contributed by atoms with Crippen molar-refractivity contribution in [3.05, 3.63) is 51.2 Å². The van der Waals surface area contributed by atoms with Crippen LogP contribution in [0, 0.1) is 13.8 Å². The molecule has 0 radical (unpaired) electrons. The van der Waals surface area contributed by atoms with Crippen LogP contribution in [0.1, 0.15) is 33.3 Å². The van der Waals surface area contributed by atoms with E-state index in [1.807, 2.05) is 30.5 Å². The number of carbonyl (C=O) groups excluding carboxylic acids is 1. The second kappa shape index (κ2) is 6.57. The van der Waals surface area contributed by atoms with Crippen molar-refractivity contribution < 1.29 is 9.53 Å². The molecule has 0 aliphatic carbocycles. The first-order valence-electron chi connectivity index (χ1n) is 6.65. The fourth-order valence-corrected chi connectivity index (χ4v) is 2.81. The van der Waals surface area contributed by atoms with Gasteiger partial charge in [-0.3, -0.25) is 4.79 Å². The maximum Gasteiger partial charge on any atom is 0.261 e. The van der Waals surface area contributed by atoms with Crippen molar-refractivity contribution in [3.8, 4) is 5.75 Å². The van der Waals surface area contributed by atoms with E-state index < -0.39 is 0 Å². The summed E-state index contributed by atoms with van der Waals surface area (Å²) in [5.41, 5.74) is 3.40. The number of ether oxygens (including phenoxy) is 1. The van der Waals surface area contributed by atoms with Gasteiger partial charge in [-0.25, -0.2) is 0 Å². The molecule has 2 rings (SSSR count). The molecule has 0 fully saturated rings. The monoisotopic (exact) mass is 289 g/mol. The summed E-state index contributed by atoms with van der Waals surface area (Å²) < 4.78 is 5.78. The molecule has 0 unspecified atom stereocenters. The van der Waals surface area contributed by atoms with Crippen LogP contribution < -0.4 is 10.1 Å². The smallest absolute Gasteiger partial charge is 0.261 e. The summed E-state index contributed by atoms with van der Waals surface area (Å²) in [6.45, 7) is 7.15. The average Bonchev–Trinajstić information content (AvgIpc) is 2.84. The zero-order chi connectivity index (χ0) is 14.5. The lowest BCUT2D eigenvalue weighted by Crippen LogP contribution is -2.21. The molecule has 0 spiro atoms. The standard InChI is InChI=1S/C16H19NO2S/c1-4-17-16(18)15-8-13(10-20-15)9-19-14-6-11(2)5-12(3)7-14/h5-8,10H,4,9H2,1-3H3,(H,17,18). The highest BCUT2D eigenvalue weighted by molar-refractivity contribution is 7.12. The number of benzene rings is 1. The Hall–Kier alpha value is -1.81. The lowest BCUT2D eigenvalue weighted by Gasteiger charge is -2.07. The van der Waals surface area contributed by atoms with Crippen molar-refractivity contribution in [2.24, 2.45) is 0 Å². The number of amides is 1. The Morgan fingerprint density at radius 3 is 2.55 bits per heavy atom. The number of carbonyl (C=O) groups is 1. The second-order valence-corrected chi connectivity index (χ2v) is 5.70. The highest BCUT2D eigenvalue weighted by Gasteiger charge is 2.08. The maximum atomic E-state index is 11.7. The van der Waals surface area contributed by atoms with E-state index in [4.69, 9.17) is 4.74 Å². The van der Waals surface area contributed by atoms with Crippen LogP contribution in [0.3, 0.4) is 0 Å². The number of rotatable bonds is 5. The summed E-state index contributed by atoms with van der Waals surface area (Å²) >= 11 is 1.45. The molecule has 1 aromatic carbocycles. The van der Waals surface area contributed by atoms with Gasteiger partial charge in [-0.05, 0) is 55.5 Å². The van der Waals surface area contributed by atoms with Crippen molar-refractivity contribution in [3.63, 3.8) is 0 Å². The van der Waals surface area contributed by atoms with Gasteiger partial charge in [0.1, 0.15) is 12.4 Å². The van der Waals surface area contributed by atoms with Crippen molar-refractivity contribution in [2.75, 3.05) is 6.54 Å². The van der Waals surface area contributed by atoms with Gasteiger partial charge in [0.05, 0.1) is 4.88 Å². The predicted octanol–water partition coefficient (Wildman–Crippen LogP) is 3.69. The van der Waals surface area contributed by atoms with E-state index in [1.54, 1.807) is 0 Å². The van der Waals surface area contributed by atoms with Gasteiger partial charge >= 0.3 is 0 Å². The van der Waals surface area contributed by atoms with E-state index in [0.717, 1.165) is 16.2 Å². The van der Waals surface area contributed by atoms with Gasteiger partial charge in [-0.15, -0.1) is 11.3 Å². The van der Waals surface area contributed by atoms with Gasteiger partial charge in [0.2, 0.25) is 0 Å². The molecule has 0 saturated heterocycles. The van der Waals surface area contributed by atoms with E-state index in [1.165, 1.54) is 22.5 Å². The molecule has 106 valence electrons. The maximum absolute atomic E-state index is 11.7. The average molecular weight is 289 g/mol. The fraction of sp³-hybridized carbons (Fsp3) is 0.312. The first-order chi connectivity index (χ1) is 9.58. The number of aryl methyl sites for hydroxylation is 2. The minimum Gasteiger partial charge on any atom is -0.489 e. The molecular formula is C16H19NO2S. The highest BCUT2D eigenvalue weighted by Crippen LogP contribution is 2.20. The minimum atomic E-state index is -0.0184. The van der Waals surface area contributed by atoms with E-state index in [-0.39, 0.29) is 5.91 Å². The van der Waals surface area contributed by atoms with Crippen LogP contribution in [0.15, 0.2) is 29.6 Å². The topological polar surface area (TPSA) is 38.3 Å². The minimum absolute atomic E-state index is 0.0184. The summed E-state index contributed by atoms with van der Waals surface area (Å²) in [6, 6.07) is 8.04. The summed E-state index contributed by atoms with van der Waals surface area (Å²) in [5, 5.41) is 4.76. The molecule has 0 atom stereocenters. The fourth-order valence-electron chi connectivity index (χ4n) is 2.00. The van der Waals surface area contributed by atoms with E-state index in [0.29, 0.717) is 13.2 Å². The molecule has 3 nitrogen and oxygen atoms in total. The van der Waals surface area contributed by atoms with Crippen molar-refractivity contribution in [1.82, 2.24) is 5.32 Å². The molecule has 1 heterocycles. The molecule has 2 aromatic rings. The second-order valence-electron chi connectivity index (χ2n) is 4.79. The van der Waals surface area contributed by atoms with Crippen molar-refractivity contribution in [2.45, 2.75) is 27.4 Å². The van der Waals surface area contributed by atoms with Crippen LogP contribution in [-0.2, 0) is 6.61 Å². The predicted molar refractivity (Wildman–Crippen MR) is 82.6 cm³/mol. The normalized spacial score (nSPS) is 10.3. The zero-order valence-corrected chi connectivity index (χ0v) is 12.8. The third kappa shape index (κ3) is 3.84. The quantitative estimate of drug-likeness (QED) is 0.911. The Balaban J connectivity index is 1.99. The van der Waals surface area contributed by atoms with Gasteiger partial charge in [-0.2, -0.15) is 0 Å². The number of hydrogen-bond donors (Lipinski definition) is 1. The molecule has 20 heavy (non-hydrogen) atoms. The van der Waals surface area contributed by atoms with E-state index in [2.05, 4.69) is 25.2 Å². The van der Waals surface area contributed by atoms with Crippen molar-refractivity contribution in [1.29, 1.82) is 0 Å². The van der Waals surface area contributed by atoms with Crippen LogP contribution >= 0.6 is 11.3 Å². The zero-order valence-electron chi connectivity index (χ0n) is 12.0. The lowest BCUT2D eigenvalue weighted by atomic mass is 10.1.